The van der Waals surface area contributed by atoms with Crippen LogP contribution in [0.3, 0.4) is 0 Å². The van der Waals surface area contributed by atoms with Crippen molar-refractivity contribution in [3.63, 3.8) is 0 Å². The van der Waals surface area contributed by atoms with Gasteiger partial charge in [0, 0.05) is 12.6 Å². The number of rotatable bonds is 3. The first-order chi connectivity index (χ1) is 12.0. The Bertz CT molecular complexity index is 1010. The van der Waals surface area contributed by atoms with Crippen LogP contribution in [0.25, 0.3) is 22.3 Å². The third-order valence-corrected chi connectivity index (χ3v) is 4.71. The van der Waals surface area contributed by atoms with Gasteiger partial charge in [-0.15, -0.1) is 0 Å². The highest BCUT2D eigenvalue weighted by Crippen LogP contribution is 2.36. The van der Waals surface area contributed by atoms with E-state index in [1.54, 1.807) is 0 Å². The van der Waals surface area contributed by atoms with Gasteiger partial charge in [0.2, 0.25) is 0 Å². The monoisotopic (exact) mass is 350 g/mol. The van der Waals surface area contributed by atoms with Crippen molar-refractivity contribution in [1.29, 1.82) is 5.26 Å². The zero-order chi connectivity index (χ0) is 18.1. The number of carboxylic acids is 1. The van der Waals surface area contributed by atoms with Crippen molar-refractivity contribution < 1.29 is 9.90 Å². The Kier molecular flexibility index (Phi) is 4.35. The second-order valence-electron chi connectivity index (χ2n) is 5.76. The maximum Gasteiger partial charge on any atom is 0.353 e. The highest BCUT2D eigenvalue weighted by atomic mass is 35.5. The first kappa shape index (κ1) is 16.8. The molecular weight excluding hydrogens is 336 g/mol. The van der Waals surface area contributed by atoms with E-state index in [9.17, 15) is 15.2 Å². The molecule has 1 N–H and O–H groups in total. The standard InChI is InChI=1S/C20H15ClN2O2/c1-12-5-3-4-6-15(12)13-7-9-14(10-8-13)17-16(11-22)19(21)23(2)18(17)20(24)25/h3-10H,1-2H3,(H,24,25). The number of carbonyl (C=O) groups is 1. The fraction of sp³-hybridized carbons (Fsp3) is 0.100. The molecule has 2 aromatic carbocycles. The summed E-state index contributed by atoms with van der Waals surface area (Å²) >= 11 is 6.14. The number of nitriles is 1. The second-order valence-corrected chi connectivity index (χ2v) is 6.12. The largest absolute Gasteiger partial charge is 0.477 e. The summed E-state index contributed by atoms with van der Waals surface area (Å²) in [6.07, 6.45) is 0. The normalized spacial score (nSPS) is 10.5. The van der Waals surface area contributed by atoms with Crippen LogP contribution >= 0.6 is 11.6 Å². The van der Waals surface area contributed by atoms with Gasteiger partial charge in [0.1, 0.15) is 16.9 Å². The number of halogens is 1. The van der Waals surface area contributed by atoms with Gasteiger partial charge in [0.05, 0.1) is 5.56 Å². The summed E-state index contributed by atoms with van der Waals surface area (Å²) in [6.45, 7) is 2.04. The molecule has 0 aliphatic heterocycles. The maximum atomic E-state index is 11.6. The lowest BCUT2D eigenvalue weighted by Gasteiger charge is -2.08. The van der Waals surface area contributed by atoms with Gasteiger partial charge < -0.3 is 9.67 Å². The first-order valence-electron chi connectivity index (χ1n) is 7.63. The fourth-order valence-electron chi connectivity index (χ4n) is 3.00. The van der Waals surface area contributed by atoms with Crippen LogP contribution in [-0.2, 0) is 7.05 Å². The number of aryl methyl sites for hydroxylation is 1. The van der Waals surface area contributed by atoms with Gasteiger partial charge in [-0.3, -0.25) is 0 Å². The molecule has 1 heterocycles. The number of aromatic carboxylic acids is 1. The molecule has 25 heavy (non-hydrogen) atoms. The molecule has 1 aromatic heterocycles. The van der Waals surface area contributed by atoms with E-state index in [1.165, 1.54) is 11.6 Å². The molecule has 0 amide bonds. The molecule has 5 heteroatoms. The summed E-state index contributed by atoms with van der Waals surface area (Å²) in [7, 11) is 1.54. The van der Waals surface area contributed by atoms with Gasteiger partial charge in [-0.2, -0.15) is 5.26 Å². The Labute approximate surface area is 150 Å². The molecule has 124 valence electrons. The summed E-state index contributed by atoms with van der Waals surface area (Å²) < 4.78 is 1.33. The third-order valence-electron chi connectivity index (χ3n) is 4.27. The number of carboxylic acid groups (broad SMARTS) is 1. The predicted octanol–water partition coefficient (Wildman–Crippen LogP) is 4.89. The van der Waals surface area contributed by atoms with Crippen LogP contribution in [0.15, 0.2) is 48.5 Å². The molecular formula is C20H15ClN2O2. The minimum atomic E-state index is -1.12. The molecule has 0 saturated heterocycles. The van der Waals surface area contributed by atoms with E-state index in [0.717, 1.165) is 16.7 Å². The maximum absolute atomic E-state index is 11.6. The SMILES string of the molecule is Cc1ccccc1-c1ccc(-c2c(C#N)c(Cl)n(C)c2C(=O)O)cc1. The van der Waals surface area contributed by atoms with Crippen LogP contribution in [0.4, 0.5) is 0 Å². The quantitative estimate of drug-likeness (QED) is 0.731. The molecule has 0 radical (unpaired) electrons. The lowest BCUT2D eigenvalue weighted by atomic mass is 9.96. The molecule has 4 nitrogen and oxygen atoms in total. The fourth-order valence-corrected chi connectivity index (χ4v) is 3.22. The second kappa shape index (κ2) is 6.46. The number of hydrogen-bond acceptors (Lipinski definition) is 2. The predicted molar refractivity (Wildman–Crippen MR) is 97.7 cm³/mol. The molecule has 0 saturated carbocycles. The Hall–Kier alpha value is -3.03. The van der Waals surface area contributed by atoms with E-state index < -0.39 is 5.97 Å². The number of benzene rings is 2. The molecule has 3 rings (SSSR count). The average molecular weight is 351 g/mol. The topological polar surface area (TPSA) is 66.0 Å². The lowest BCUT2D eigenvalue weighted by molar-refractivity contribution is 0.0687. The van der Waals surface area contributed by atoms with Gasteiger partial charge in [0.15, 0.2) is 0 Å². The van der Waals surface area contributed by atoms with Crippen LogP contribution in [0, 0.1) is 18.3 Å². The zero-order valence-corrected chi connectivity index (χ0v) is 14.5. The molecule has 0 bridgehead atoms. The number of nitrogens with zero attached hydrogens (tertiary/aromatic N) is 2. The molecule has 0 aliphatic carbocycles. The highest BCUT2D eigenvalue weighted by molar-refractivity contribution is 6.32. The molecule has 3 aromatic rings. The number of hydrogen-bond donors (Lipinski definition) is 1. The number of aromatic nitrogens is 1. The molecule has 0 spiro atoms. The third kappa shape index (κ3) is 2.79. The lowest BCUT2D eigenvalue weighted by Crippen LogP contribution is -2.05. The molecule has 0 aliphatic rings. The molecule has 0 unspecified atom stereocenters. The Balaban J connectivity index is 2.16. The summed E-state index contributed by atoms with van der Waals surface area (Å²) in [5, 5.41) is 19.1. The van der Waals surface area contributed by atoms with Gasteiger partial charge in [0.25, 0.3) is 0 Å². The minimum Gasteiger partial charge on any atom is -0.477 e. The van der Waals surface area contributed by atoms with Crippen molar-refractivity contribution in [1.82, 2.24) is 4.57 Å². The van der Waals surface area contributed by atoms with Crippen molar-refractivity contribution in [3.8, 4) is 28.3 Å². The van der Waals surface area contributed by atoms with Crippen molar-refractivity contribution in [2.75, 3.05) is 0 Å². The van der Waals surface area contributed by atoms with Gasteiger partial charge >= 0.3 is 5.97 Å². The van der Waals surface area contributed by atoms with Gasteiger partial charge in [-0.1, -0.05) is 60.1 Å². The Morgan fingerprint density at radius 1 is 1.12 bits per heavy atom. The van der Waals surface area contributed by atoms with E-state index in [-0.39, 0.29) is 16.4 Å². The molecule has 0 atom stereocenters. The van der Waals surface area contributed by atoms with E-state index in [2.05, 4.69) is 0 Å². The summed E-state index contributed by atoms with van der Waals surface area (Å²) in [6, 6.07) is 17.5. The van der Waals surface area contributed by atoms with Gasteiger partial charge in [-0.25, -0.2) is 4.79 Å². The van der Waals surface area contributed by atoms with E-state index in [0.29, 0.717) is 11.1 Å². The van der Waals surface area contributed by atoms with Crippen LogP contribution in [0.5, 0.6) is 0 Å². The van der Waals surface area contributed by atoms with Crippen LogP contribution in [0.1, 0.15) is 21.6 Å². The Morgan fingerprint density at radius 3 is 2.28 bits per heavy atom. The minimum absolute atomic E-state index is 0.00481. The highest BCUT2D eigenvalue weighted by Gasteiger charge is 2.25. The van der Waals surface area contributed by atoms with Crippen LogP contribution in [-0.4, -0.2) is 15.6 Å². The first-order valence-corrected chi connectivity index (χ1v) is 8.01. The van der Waals surface area contributed by atoms with E-state index in [4.69, 9.17) is 11.6 Å². The van der Waals surface area contributed by atoms with Crippen LogP contribution < -0.4 is 0 Å². The summed E-state index contributed by atoms with van der Waals surface area (Å²) in [5.74, 6) is -1.12. The van der Waals surface area contributed by atoms with Crippen molar-refractivity contribution in [2.45, 2.75) is 6.92 Å². The zero-order valence-electron chi connectivity index (χ0n) is 13.7. The smallest absolute Gasteiger partial charge is 0.353 e. The molecule has 0 fully saturated rings. The summed E-state index contributed by atoms with van der Waals surface area (Å²) in [5.41, 5.74) is 4.46. The van der Waals surface area contributed by atoms with Crippen molar-refractivity contribution in [3.05, 3.63) is 70.5 Å². The van der Waals surface area contributed by atoms with Crippen molar-refractivity contribution >= 4 is 17.6 Å². The van der Waals surface area contributed by atoms with E-state index in [1.807, 2.05) is 61.5 Å². The Morgan fingerprint density at radius 2 is 1.72 bits per heavy atom. The van der Waals surface area contributed by atoms with Crippen molar-refractivity contribution in [2.24, 2.45) is 7.05 Å². The van der Waals surface area contributed by atoms with Crippen LogP contribution in [0.2, 0.25) is 5.15 Å². The average Bonchev–Trinajstić information content (AvgIpc) is 2.86. The van der Waals surface area contributed by atoms with Gasteiger partial charge in [-0.05, 0) is 29.2 Å². The van der Waals surface area contributed by atoms with E-state index >= 15 is 0 Å². The summed E-state index contributed by atoms with van der Waals surface area (Å²) in [4.78, 5) is 11.6.